The first-order valence-corrected chi connectivity index (χ1v) is 12.2. The Bertz CT molecular complexity index is 1220. The molecule has 3 heterocycles. The zero-order valence-corrected chi connectivity index (χ0v) is 21.9. The molecule has 0 bridgehead atoms. The van der Waals surface area contributed by atoms with Gasteiger partial charge in [0.1, 0.15) is 5.75 Å². The number of pyridine rings is 1. The Morgan fingerprint density at radius 2 is 1.97 bits per heavy atom. The molecule has 1 aliphatic heterocycles. The number of benzene rings is 1. The number of nitrogens with one attached hydrogen (secondary N) is 2. The standard InChI is InChI=1S/C27H33N5O2S/c1-17(2)31-14-12-18(16-31)24-23(21-9-7-8-13-28-21)30-26(35)32(24)19-10-11-20(22(15-19)34-6)29-25(33)27(3,4)5/h7-17,23-24H,1-6H3,(H,29,33)(H,30,35). The number of carbonyl (C=O) groups is 1. The summed E-state index contributed by atoms with van der Waals surface area (Å²) >= 11 is 5.84. The molecule has 1 fully saturated rings. The summed E-state index contributed by atoms with van der Waals surface area (Å²) in [7, 11) is 1.60. The largest absolute Gasteiger partial charge is 0.494 e. The number of anilines is 2. The Hall–Kier alpha value is -3.39. The Labute approximate surface area is 212 Å². The molecule has 2 unspecified atom stereocenters. The molecule has 2 atom stereocenters. The van der Waals surface area contributed by atoms with Gasteiger partial charge in [0, 0.05) is 41.8 Å². The van der Waals surface area contributed by atoms with Crippen LogP contribution in [0.25, 0.3) is 0 Å². The Morgan fingerprint density at radius 3 is 2.57 bits per heavy atom. The number of nitrogens with zero attached hydrogens (tertiary/aromatic N) is 3. The van der Waals surface area contributed by atoms with Crippen LogP contribution >= 0.6 is 12.2 Å². The summed E-state index contributed by atoms with van der Waals surface area (Å²) in [5, 5.41) is 7.07. The topological polar surface area (TPSA) is 71.4 Å². The smallest absolute Gasteiger partial charge is 0.229 e. The van der Waals surface area contributed by atoms with Crippen molar-refractivity contribution in [3.05, 3.63) is 72.3 Å². The number of methoxy groups -OCH3 is 1. The lowest BCUT2D eigenvalue weighted by molar-refractivity contribution is -0.123. The zero-order chi connectivity index (χ0) is 25.3. The van der Waals surface area contributed by atoms with E-state index in [0.29, 0.717) is 22.6 Å². The van der Waals surface area contributed by atoms with Crippen molar-refractivity contribution in [2.75, 3.05) is 17.3 Å². The van der Waals surface area contributed by atoms with Gasteiger partial charge in [-0.3, -0.25) is 9.78 Å². The van der Waals surface area contributed by atoms with Gasteiger partial charge in [-0.15, -0.1) is 0 Å². The molecule has 0 saturated carbocycles. The second-order valence-electron chi connectivity index (χ2n) is 10.1. The molecule has 1 aliphatic rings. The SMILES string of the molecule is COc1cc(N2C(=S)NC(c3ccccn3)C2c2ccn(C(C)C)c2)ccc1NC(=O)C(C)(C)C. The van der Waals surface area contributed by atoms with Gasteiger partial charge in [-0.05, 0) is 62.0 Å². The minimum atomic E-state index is -0.519. The van der Waals surface area contributed by atoms with E-state index in [0.717, 1.165) is 16.9 Å². The fraction of sp³-hybridized carbons (Fsp3) is 0.370. The quantitative estimate of drug-likeness (QED) is 0.435. The van der Waals surface area contributed by atoms with E-state index in [1.807, 2.05) is 57.2 Å². The average Bonchev–Trinajstić information content (AvgIpc) is 3.44. The Balaban J connectivity index is 1.76. The van der Waals surface area contributed by atoms with Crippen molar-refractivity contribution in [3.8, 4) is 5.75 Å². The molecule has 8 heteroatoms. The summed E-state index contributed by atoms with van der Waals surface area (Å²) < 4.78 is 7.85. The van der Waals surface area contributed by atoms with Crippen molar-refractivity contribution >= 4 is 34.6 Å². The van der Waals surface area contributed by atoms with Crippen LogP contribution in [0.5, 0.6) is 5.75 Å². The van der Waals surface area contributed by atoms with Gasteiger partial charge in [-0.1, -0.05) is 26.8 Å². The van der Waals surface area contributed by atoms with Crippen LogP contribution in [0.15, 0.2) is 61.1 Å². The number of amides is 1. The van der Waals surface area contributed by atoms with Gasteiger partial charge in [0.25, 0.3) is 0 Å². The zero-order valence-electron chi connectivity index (χ0n) is 21.1. The molecule has 1 saturated heterocycles. The molecule has 3 aromatic rings. The van der Waals surface area contributed by atoms with Crippen LogP contribution in [0.4, 0.5) is 11.4 Å². The third kappa shape index (κ3) is 5.03. The van der Waals surface area contributed by atoms with Crippen LogP contribution < -0.4 is 20.3 Å². The highest BCUT2D eigenvalue weighted by Crippen LogP contribution is 2.43. The van der Waals surface area contributed by atoms with Gasteiger partial charge in [0.2, 0.25) is 5.91 Å². The van der Waals surface area contributed by atoms with Crippen LogP contribution in [0.3, 0.4) is 0 Å². The van der Waals surface area contributed by atoms with Crippen molar-refractivity contribution in [2.45, 2.75) is 52.7 Å². The van der Waals surface area contributed by atoms with E-state index in [1.54, 1.807) is 13.3 Å². The maximum Gasteiger partial charge on any atom is 0.229 e. The molecule has 2 aromatic heterocycles. The predicted molar refractivity (Wildman–Crippen MR) is 144 cm³/mol. The van der Waals surface area contributed by atoms with E-state index in [4.69, 9.17) is 17.0 Å². The second kappa shape index (κ2) is 9.70. The lowest BCUT2D eigenvalue weighted by Gasteiger charge is -2.28. The van der Waals surface area contributed by atoms with Gasteiger partial charge >= 0.3 is 0 Å². The number of hydrogen-bond acceptors (Lipinski definition) is 4. The average molecular weight is 492 g/mol. The van der Waals surface area contributed by atoms with E-state index in [-0.39, 0.29) is 18.0 Å². The minimum absolute atomic E-state index is 0.0787. The fourth-order valence-electron chi connectivity index (χ4n) is 4.14. The maximum absolute atomic E-state index is 12.6. The molecule has 2 N–H and O–H groups in total. The van der Waals surface area contributed by atoms with Crippen molar-refractivity contribution in [1.82, 2.24) is 14.9 Å². The second-order valence-corrected chi connectivity index (χ2v) is 10.5. The van der Waals surface area contributed by atoms with E-state index in [2.05, 4.69) is 57.4 Å². The van der Waals surface area contributed by atoms with Crippen LogP contribution in [0, 0.1) is 5.41 Å². The minimum Gasteiger partial charge on any atom is -0.494 e. The van der Waals surface area contributed by atoms with Gasteiger partial charge in [-0.2, -0.15) is 0 Å². The van der Waals surface area contributed by atoms with E-state index in [1.165, 1.54) is 0 Å². The number of hydrogen-bond donors (Lipinski definition) is 2. The molecule has 4 rings (SSSR count). The number of ether oxygens (including phenoxy) is 1. The van der Waals surface area contributed by atoms with Crippen molar-refractivity contribution < 1.29 is 9.53 Å². The first-order valence-electron chi connectivity index (χ1n) is 11.8. The number of carbonyl (C=O) groups excluding carboxylic acids is 1. The van der Waals surface area contributed by atoms with Crippen LogP contribution in [0.2, 0.25) is 0 Å². The Kier molecular flexibility index (Phi) is 6.85. The predicted octanol–water partition coefficient (Wildman–Crippen LogP) is 5.63. The van der Waals surface area contributed by atoms with Crippen LogP contribution in [-0.4, -0.2) is 27.7 Å². The lowest BCUT2D eigenvalue weighted by atomic mass is 9.95. The molecule has 1 aromatic carbocycles. The molecule has 1 amide bonds. The highest BCUT2D eigenvalue weighted by atomic mass is 32.1. The third-order valence-electron chi connectivity index (χ3n) is 6.17. The molecule has 0 aliphatic carbocycles. The third-order valence-corrected chi connectivity index (χ3v) is 6.48. The van der Waals surface area contributed by atoms with E-state index >= 15 is 0 Å². The van der Waals surface area contributed by atoms with Gasteiger partial charge < -0.3 is 24.8 Å². The normalized spacial score (nSPS) is 18.0. The summed E-state index contributed by atoms with van der Waals surface area (Å²) in [5.41, 5.74) is 3.02. The summed E-state index contributed by atoms with van der Waals surface area (Å²) in [5.74, 6) is 0.493. The molecular weight excluding hydrogens is 458 g/mol. The van der Waals surface area contributed by atoms with Crippen LogP contribution in [-0.2, 0) is 4.79 Å². The van der Waals surface area contributed by atoms with Crippen molar-refractivity contribution in [2.24, 2.45) is 5.41 Å². The molecule has 0 radical (unpaired) electrons. The summed E-state index contributed by atoms with van der Waals surface area (Å²) in [6.07, 6.45) is 6.07. The van der Waals surface area contributed by atoms with E-state index < -0.39 is 5.41 Å². The first kappa shape index (κ1) is 24.7. The highest BCUT2D eigenvalue weighted by Gasteiger charge is 2.41. The highest BCUT2D eigenvalue weighted by molar-refractivity contribution is 7.80. The van der Waals surface area contributed by atoms with Crippen LogP contribution in [0.1, 0.15) is 64.0 Å². The van der Waals surface area contributed by atoms with Crippen molar-refractivity contribution in [3.63, 3.8) is 0 Å². The number of thiocarbonyl (C=S) groups is 1. The summed E-state index contributed by atoms with van der Waals surface area (Å²) in [6, 6.07) is 13.9. The van der Waals surface area contributed by atoms with Gasteiger partial charge in [-0.25, -0.2) is 0 Å². The summed E-state index contributed by atoms with van der Waals surface area (Å²) in [4.78, 5) is 19.3. The monoisotopic (exact) mass is 491 g/mol. The molecular formula is C27H33N5O2S. The Morgan fingerprint density at radius 1 is 1.20 bits per heavy atom. The van der Waals surface area contributed by atoms with Crippen molar-refractivity contribution in [1.29, 1.82) is 0 Å². The molecule has 7 nitrogen and oxygen atoms in total. The molecule has 0 spiro atoms. The van der Waals surface area contributed by atoms with Gasteiger partial charge in [0.15, 0.2) is 5.11 Å². The lowest BCUT2D eigenvalue weighted by Crippen LogP contribution is -2.30. The summed E-state index contributed by atoms with van der Waals surface area (Å²) in [6.45, 7) is 9.95. The number of rotatable bonds is 6. The first-order chi connectivity index (χ1) is 16.6. The maximum atomic E-state index is 12.6. The van der Waals surface area contributed by atoms with Gasteiger partial charge in [0.05, 0.1) is 30.6 Å². The number of aromatic nitrogens is 2. The molecule has 35 heavy (non-hydrogen) atoms. The van der Waals surface area contributed by atoms with E-state index in [9.17, 15) is 4.79 Å². The fourth-order valence-corrected chi connectivity index (χ4v) is 4.49. The molecule has 184 valence electrons.